The molecule has 3 rings (SSSR count). The number of aryl methyl sites for hydroxylation is 1. The molecule has 126 valence electrons. The molecule has 0 bridgehead atoms. The number of anilines is 1. The van der Waals surface area contributed by atoms with Crippen LogP contribution in [0, 0.1) is 10.5 Å². The van der Waals surface area contributed by atoms with Gasteiger partial charge in [-0.15, -0.1) is 0 Å². The van der Waals surface area contributed by atoms with E-state index in [2.05, 4.69) is 27.7 Å². The second-order valence-corrected chi connectivity index (χ2v) is 6.75. The first-order chi connectivity index (χ1) is 11.9. The maximum Gasteiger partial charge on any atom is 0.335 e. The summed E-state index contributed by atoms with van der Waals surface area (Å²) in [6, 6.07) is 11.9. The van der Waals surface area contributed by atoms with Crippen LogP contribution in [-0.2, 0) is 0 Å². The number of nitrogens with zero attached hydrogens (tertiary/aromatic N) is 2. The fourth-order valence-electron chi connectivity index (χ4n) is 2.48. The lowest BCUT2D eigenvalue weighted by Crippen LogP contribution is -2.09. The lowest BCUT2D eigenvalue weighted by Gasteiger charge is -2.09. The van der Waals surface area contributed by atoms with E-state index in [1.807, 2.05) is 13.0 Å². The first kappa shape index (κ1) is 17.2. The molecule has 0 aliphatic rings. The van der Waals surface area contributed by atoms with Crippen molar-refractivity contribution in [3.8, 4) is 5.69 Å². The monoisotopic (exact) mass is 447 g/mol. The molecule has 0 aliphatic carbocycles. The Labute approximate surface area is 157 Å². The summed E-state index contributed by atoms with van der Waals surface area (Å²) in [5.74, 6) is -1.09. The van der Waals surface area contributed by atoms with Gasteiger partial charge >= 0.3 is 5.97 Å². The number of nitrogen functional groups attached to an aromatic ring is 1. The molecule has 0 radical (unpaired) electrons. The Morgan fingerprint density at radius 1 is 1.16 bits per heavy atom. The summed E-state index contributed by atoms with van der Waals surface area (Å²) in [6.45, 7) is 1.82. The van der Waals surface area contributed by atoms with Gasteiger partial charge in [0.2, 0.25) is 0 Å². The molecular formula is C18H14IN3O3. The number of halogens is 1. The lowest BCUT2D eigenvalue weighted by atomic mass is 10.1. The number of carboxylic acid groups (broad SMARTS) is 1. The van der Waals surface area contributed by atoms with Crippen LogP contribution in [0.2, 0.25) is 0 Å². The lowest BCUT2D eigenvalue weighted by molar-refractivity contribution is 0.0696. The Bertz CT molecular complexity index is 995. The topological polar surface area (TPSA) is 98.2 Å². The van der Waals surface area contributed by atoms with Crippen LogP contribution >= 0.6 is 22.6 Å². The summed E-state index contributed by atoms with van der Waals surface area (Å²) < 4.78 is 2.34. The van der Waals surface area contributed by atoms with E-state index in [0.717, 1.165) is 9.13 Å². The predicted molar refractivity (Wildman–Crippen MR) is 102 cm³/mol. The molecule has 1 heterocycles. The van der Waals surface area contributed by atoms with Crippen LogP contribution in [0.5, 0.6) is 0 Å². The molecule has 0 atom stereocenters. The average Bonchev–Trinajstić information content (AvgIpc) is 2.96. The van der Waals surface area contributed by atoms with Gasteiger partial charge in [0.05, 0.1) is 23.0 Å². The van der Waals surface area contributed by atoms with Crippen molar-refractivity contribution in [1.82, 2.24) is 9.78 Å². The van der Waals surface area contributed by atoms with Gasteiger partial charge in [0.15, 0.2) is 5.78 Å². The van der Waals surface area contributed by atoms with Crippen molar-refractivity contribution in [2.75, 3.05) is 5.73 Å². The molecule has 0 saturated heterocycles. The second kappa shape index (κ2) is 6.67. The number of carbonyl (C=O) groups is 2. The Hall–Kier alpha value is -2.68. The fraction of sp³-hybridized carbons (Fsp3) is 0.0556. The van der Waals surface area contributed by atoms with Crippen LogP contribution in [0.3, 0.4) is 0 Å². The maximum atomic E-state index is 12.7. The van der Waals surface area contributed by atoms with Gasteiger partial charge in [0.1, 0.15) is 5.82 Å². The van der Waals surface area contributed by atoms with Gasteiger partial charge in [0, 0.05) is 9.13 Å². The first-order valence-electron chi connectivity index (χ1n) is 7.36. The standard InChI is InChI=1S/C18H14IN3O3/c1-10-5-6-12(18(24)25)8-15(10)22-17(20)14(9-21-22)16(23)11-3-2-4-13(19)7-11/h2-9H,20H2,1H3,(H,24,25). The minimum absolute atomic E-state index is 0.126. The molecule has 2 aromatic carbocycles. The molecule has 0 spiro atoms. The van der Waals surface area contributed by atoms with Crippen LogP contribution in [0.4, 0.5) is 5.82 Å². The van der Waals surface area contributed by atoms with Gasteiger partial charge in [0.25, 0.3) is 0 Å². The van der Waals surface area contributed by atoms with Gasteiger partial charge in [-0.3, -0.25) is 4.79 Å². The van der Waals surface area contributed by atoms with E-state index in [9.17, 15) is 9.59 Å². The van der Waals surface area contributed by atoms with Gasteiger partial charge in [-0.05, 0) is 59.3 Å². The summed E-state index contributed by atoms with van der Waals surface area (Å²) in [4.78, 5) is 23.9. The van der Waals surface area contributed by atoms with E-state index in [1.165, 1.54) is 23.0 Å². The largest absolute Gasteiger partial charge is 0.478 e. The molecule has 3 N–H and O–H groups in total. The zero-order chi connectivity index (χ0) is 18.1. The summed E-state index contributed by atoms with van der Waals surface area (Å²) in [5, 5.41) is 13.4. The Kier molecular flexibility index (Phi) is 4.58. The quantitative estimate of drug-likeness (QED) is 0.473. The number of benzene rings is 2. The van der Waals surface area contributed by atoms with Crippen molar-refractivity contribution in [3.05, 3.63) is 74.5 Å². The SMILES string of the molecule is Cc1ccc(C(=O)O)cc1-n1ncc(C(=O)c2cccc(I)c2)c1N. The van der Waals surface area contributed by atoms with Crippen molar-refractivity contribution in [3.63, 3.8) is 0 Å². The third-order valence-electron chi connectivity index (χ3n) is 3.82. The van der Waals surface area contributed by atoms with E-state index in [1.54, 1.807) is 24.3 Å². The van der Waals surface area contributed by atoms with Gasteiger partial charge in [-0.2, -0.15) is 5.10 Å². The van der Waals surface area contributed by atoms with E-state index in [4.69, 9.17) is 10.8 Å². The number of carboxylic acids is 1. The highest BCUT2D eigenvalue weighted by molar-refractivity contribution is 14.1. The fourth-order valence-corrected chi connectivity index (χ4v) is 3.02. The maximum absolute atomic E-state index is 12.7. The highest BCUT2D eigenvalue weighted by Crippen LogP contribution is 2.24. The van der Waals surface area contributed by atoms with Crippen molar-refractivity contribution in [1.29, 1.82) is 0 Å². The Morgan fingerprint density at radius 3 is 2.60 bits per heavy atom. The molecule has 3 aromatic rings. The van der Waals surface area contributed by atoms with Crippen LogP contribution < -0.4 is 5.73 Å². The smallest absolute Gasteiger partial charge is 0.335 e. The number of hydrogen-bond acceptors (Lipinski definition) is 4. The molecule has 0 fully saturated rings. The number of nitrogens with two attached hydrogens (primary N) is 1. The van der Waals surface area contributed by atoms with E-state index in [-0.39, 0.29) is 22.7 Å². The number of aromatic nitrogens is 2. The van der Waals surface area contributed by atoms with E-state index >= 15 is 0 Å². The Balaban J connectivity index is 2.06. The van der Waals surface area contributed by atoms with Crippen LogP contribution in [0.25, 0.3) is 5.69 Å². The molecule has 0 amide bonds. The summed E-state index contributed by atoms with van der Waals surface area (Å²) >= 11 is 2.14. The minimum Gasteiger partial charge on any atom is -0.478 e. The normalized spacial score (nSPS) is 10.6. The number of hydrogen-bond donors (Lipinski definition) is 2. The van der Waals surface area contributed by atoms with Gasteiger partial charge < -0.3 is 10.8 Å². The van der Waals surface area contributed by atoms with Crippen molar-refractivity contribution >= 4 is 40.2 Å². The molecule has 1 aromatic heterocycles. The van der Waals surface area contributed by atoms with Gasteiger partial charge in [-0.25, -0.2) is 9.48 Å². The highest BCUT2D eigenvalue weighted by Gasteiger charge is 2.19. The third kappa shape index (κ3) is 3.27. The number of carbonyl (C=O) groups excluding carboxylic acids is 1. The number of ketones is 1. The van der Waals surface area contributed by atoms with Crippen molar-refractivity contribution in [2.24, 2.45) is 0 Å². The second-order valence-electron chi connectivity index (χ2n) is 5.50. The van der Waals surface area contributed by atoms with Crippen molar-refractivity contribution < 1.29 is 14.7 Å². The Morgan fingerprint density at radius 2 is 1.92 bits per heavy atom. The zero-order valence-corrected chi connectivity index (χ0v) is 15.4. The van der Waals surface area contributed by atoms with Crippen LogP contribution in [0.15, 0.2) is 48.7 Å². The number of rotatable bonds is 4. The number of aromatic carboxylic acids is 1. The van der Waals surface area contributed by atoms with Crippen molar-refractivity contribution in [2.45, 2.75) is 6.92 Å². The first-order valence-corrected chi connectivity index (χ1v) is 8.44. The molecule has 0 unspecified atom stereocenters. The predicted octanol–water partition coefficient (Wildman–Crippen LogP) is 3.30. The molecule has 0 aliphatic heterocycles. The third-order valence-corrected chi connectivity index (χ3v) is 4.49. The molecule has 7 heteroatoms. The molecular weight excluding hydrogens is 433 g/mol. The highest BCUT2D eigenvalue weighted by atomic mass is 127. The summed E-state index contributed by atoms with van der Waals surface area (Å²) in [5.41, 5.74) is 8.39. The van der Waals surface area contributed by atoms with Gasteiger partial charge in [-0.1, -0.05) is 18.2 Å². The van der Waals surface area contributed by atoms with Crippen LogP contribution in [-0.4, -0.2) is 26.6 Å². The average molecular weight is 447 g/mol. The molecule has 0 saturated carbocycles. The molecule has 25 heavy (non-hydrogen) atoms. The van der Waals surface area contributed by atoms with E-state index in [0.29, 0.717) is 11.3 Å². The van der Waals surface area contributed by atoms with Crippen LogP contribution in [0.1, 0.15) is 31.8 Å². The minimum atomic E-state index is -1.04. The summed E-state index contributed by atoms with van der Waals surface area (Å²) in [7, 11) is 0. The molecule has 6 nitrogen and oxygen atoms in total. The summed E-state index contributed by atoms with van der Waals surface area (Å²) in [6.07, 6.45) is 1.41. The zero-order valence-electron chi connectivity index (χ0n) is 13.2. The van der Waals surface area contributed by atoms with E-state index < -0.39 is 5.97 Å².